The molecule has 0 aliphatic heterocycles. The molecule has 11 heteroatoms. The molecular formula is C11H20F6NO3P. The van der Waals surface area contributed by atoms with Crippen molar-refractivity contribution < 1.29 is 40.7 Å². The summed E-state index contributed by atoms with van der Waals surface area (Å²) in [6, 6.07) is -0.654. The van der Waals surface area contributed by atoms with E-state index >= 15 is 0 Å². The minimum absolute atomic E-state index is 0.300. The summed E-state index contributed by atoms with van der Waals surface area (Å²) in [7, 11) is -4.74. The predicted octanol–water partition coefficient (Wildman–Crippen LogP) is 4.09. The Bertz CT molecular complexity index is 365. The van der Waals surface area contributed by atoms with Crippen LogP contribution < -0.4 is 0 Å². The monoisotopic (exact) mass is 359 g/mol. The SMILES string of the molecule is CCC(C)N(CCC(CC(F)(F)F)CC(F)(F)F)P(=O)(O)O. The molecule has 0 aromatic heterocycles. The van der Waals surface area contributed by atoms with E-state index < -0.39 is 57.9 Å². The average molecular weight is 359 g/mol. The van der Waals surface area contributed by atoms with Gasteiger partial charge in [0.1, 0.15) is 0 Å². The molecule has 0 aliphatic carbocycles. The molecule has 0 bridgehead atoms. The molecule has 4 nitrogen and oxygen atoms in total. The van der Waals surface area contributed by atoms with Crippen molar-refractivity contribution in [3.63, 3.8) is 0 Å². The van der Waals surface area contributed by atoms with Crippen LogP contribution >= 0.6 is 7.75 Å². The Morgan fingerprint density at radius 3 is 1.73 bits per heavy atom. The first-order valence-electron chi connectivity index (χ1n) is 6.62. The van der Waals surface area contributed by atoms with Gasteiger partial charge in [-0.1, -0.05) is 6.92 Å². The van der Waals surface area contributed by atoms with Gasteiger partial charge in [-0.3, -0.25) is 0 Å². The molecule has 134 valence electrons. The lowest BCUT2D eigenvalue weighted by molar-refractivity contribution is -0.173. The second-order valence-electron chi connectivity index (χ2n) is 5.23. The van der Waals surface area contributed by atoms with Crippen molar-refractivity contribution >= 4 is 7.75 Å². The molecule has 0 heterocycles. The fourth-order valence-electron chi connectivity index (χ4n) is 2.06. The van der Waals surface area contributed by atoms with Crippen LogP contribution in [0.15, 0.2) is 0 Å². The van der Waals surface area contributed by atoms with Gasteiger partial charge in [-0.15, -0.1) is 0 Å². The topological polar surface area (TPSA) is 60.8 Å². The van der Waals surface area contributed by atoms with Gasteiger partial charge in [0, 0.05) is 25.4 Å². The fraction of sp³-hybridized carbons (Fsp3) is 1.00. The summed E-state index contributed by atoms with van der Waals surface area (Å²) in [5, 5.41) is 0. The van der Waals surface area contributed by atoms with Gasteiger partial charge in [-0.2, -0.15) is 26.3 Å². The van der Waals surface area contributed by atoms with Gasteiger partial charge in [-0.25, -0.2) is 9.24 Å². The second-order valence-corrected chi connectivity index (χ2v) is 6.77. The van der Waals surface area contributed by atoms with Gasteiger partial charge in [0.15, 0.2) is 0 Å². The maximum Gasteiger partial charge on any atom is 0.403 e. The smallest absolute Gasteiger partial charge is 0.312 e. The van der Waals surface area contributed by atoms with Gasteiger partial charge in [-0.05, 0) is 25.7 Å². The van der Waals surface area contributed by atoms with Crippen molar-refractivity contribution in [3.8, 4) is 0 Å². The molecule has 0 saturated heterocycles. The highest BCUT2D eigenvalue weighted by Crippen LogP contribution is 2.43. The normalized spacial score (nSPS) is 15.6. The maximum absolute atomic E-state index is 12.3. The number of hydrogen-bond acceptors (Lipinski definition) is 1. The van der Waals surface area contributed by atoms with E-state index in [0.717, 1.165) is 0 Å². The fourth-order valence-corrected chi connectivity index (χ4v) is 3.12. The van der Waals surface area contributed by atoms with Crippen molar-refractivity contribution in [2.24, 2.45) is 5.92 Å². The first-order chi connectivity index (χ1) is 9.65. The summed E-state index contributed by atoms with van der Waals surface area (Å²) in [6.45, 7) is 2.52. The molecule has 0 saturated carbocycles. The molecule has 2 N–H and O–H groups in total. The summed E-state index contributed by atoms with van der Waals surface area (Å²) >= 11 is 0. The zero-order valence-corrected chi connectivity index (χ0v) is 13.0. The molecule has 0 amide bonds. The van der Waals surface area contributed by atoms with Crippen LogP contribution in [0.1, 0.15) is 39.5 Å². The van der Waals surface area contributed by atoms with E-state index in [9.17, 15) is 30.9 Å². The average Bonchev–Trinajstić information content (AvgIpc) is 2.22. The van der Waals surface area contributed by atoms with Gasteiger partial charge in [0.2, 0.25) is 0 Å². The molecule has 0 spiro atoms. The first-order valence-corrected chi connectivity index (χ1v) is 8.18. The van der Waals surface area contributed by atoms with E-state index in [4.69, 9.17) is 9.79 Å². The minimum atomic E-state index is -4.76. The molecule has 1 atom stereocenters. The highest BCUT2D eigenvalue weighted by Gasteiger charge is 2.39. The summed E-state index contributed by atoms with van der Waals surface area (Å²) in [5.74, 6) is -1.77. The lowest BCUT2D eigenvalue weighted by Gasteiger charge is -2.30. The highest BCUT2D eigenvalue weighted by atomic mass is 31.2. The molecule has 0 rings (SSSR count). The lowest BCUT2D eigenvalue weighted by Crippen LogP contribution is -2.33. The number of alkyl halides is 6. The second kappa shape index (κ2) is 7.99. The number of nitrogens with zero attached hydrogens (tertiary/aromatic N) is 1. The summed E-state index contributed by atoms with van der Waals surface area (Å²) in [5.41, 5.74) is 0. The molecule has 0 fully saturated rings. The third kappa shape index (κ3) is 9.66. The number of halogens is 6. The van der Waals surface area contributed by atoms with Crippen molar-refractivity contribution in [2.75, 3.05) is 6.54 Å². The van der Waals surface area contributed by atoms with Crippen molar-refractivity contribution in [1.82, 2.24) is 4.67 Å². The van der Waals surface area contributed by atoms with E-state index in [2.05, 4.69) is 0 Å². The number of rotatable bonds is 8. The van der Waals surface area contributed by atoms with E-state index in [1.54, 1.807) is 6.92 Å². The van der Waals surface area contributed by atoms with E-state index in [0.29, 0.717) is 11.1 Å². The summed E-state index contributed by atoms with van der Waals surface area (Å²) in [4.78, 5) is 18.3. The Morgan fingerprint density at radius 2 is 1.45 bits per heavy atom. The van der Waals surface area contributed by atoms with Crippen LogP contribution in [0.4, 0.5) is 26.3 Å². The minimum Gasteiger partial charge on any atom is -0.312 e. The Hall–Kier alpha value is -0.310. The molecule has 0 aromatic carbocycles. The Kier molecular flexibility index (Phi) is 7.87. The zero-order chi connectivity index (χ0) is 17.8. The van der Waals surface area contributed by atoms with Crippen LogP contribution in [-0.2, 0) is 4.57 Å². The molecule has 22 heavy (non-hydrogen) atoms. The van der Waals surface area contributed by atoms with Crippen LogP contribution in [0.3, 0.4) is 0 Å². The van der Waals surface area contributed by atoms with Gasteiger partial charge >= 0.3 is 20.1 Å². The molecule has 0 radical (unpaired) electrons. The lowest BCUT2D eigenvalue weighted by atomic mass is 9.96. The van der Waals surface area contributed by atoms with E-state index in [1.807, 2.05) is 0 Å². The Morgan fingerprint density at radius 1 is 1.05 bits per heavy atom. The quantitative estimate of drug-likeness (QED) is 0.506. The standard InChI is InChI=1S/C11H20F6NO3P/c1-3-8(2)18(22(19,20)21)5-4-9(6-10(12,13)14)7-11(15,16)17/h8-9H,3-7H2,1-2H3,(H2,19,20,21). The molecule has 0 aliphatic rings. The third-order valence-electron chi connectivity index (χ3n) is 3.24. The molecule has 1 unspecified atom stereocenters. The molecule has 0 aromatic rings. The van der Waals surface area contributed by atoms with Crippen molar-refractivity contribution in [1.29, 1.82) is 0 Å². The maximum atomic E-state index is 12.3. The van der Waals surface area contributed by atoms with Crippen molar-refractivity contribution in [3.05, 3.63) is 0 Å². The Balaban J connectivity index is 4.94. The van der Waals surface area contributed by atoms with Gasteiger partial charge in [0.25, 0.3) is 0 Å². The first kappa shape index (κ1) is 21.7. The van der Waals surface area contributed by atoms with E-state index in [-0.39, 0.29) is 0 Å². The highest BCUT2D eigenvalue weighted by molar-refractivity contribution is 7.49. The van der Waals surface area contributed by atoms with E-state index in [1.165, 1.54) is 6.92 Å². The predicted molar refractivity (Wildman–Crippen MR) is 68.0 cm³/mol. The largest absolute Gasteiger partial charge is 0.403 e. The van der Waals surface area contributed by atoms with Crippen LogP contribution in [0.2, 0.25) is 0 Å². The van der Waals surface area contributed by atoms with Gasteiger partial charge in [0.05, 0.1) is 0 Å². The molecular weight excluding hydrogens is 339 g/mol. The van der Waals surface area contributed by atoms with Crippen molar-refractivity contribution in [2.45, 2.75) is 57.9 Å². The van der Waals surface area contributed by atoms with Crippen LogP contribution in [0.5, 0.6) is 0 Å². The van der Waals surface area contributed by atoms with Crippen LogP contribution in [0.25, 0.3) is 0 Å². The Labute approximate surface area is 124 Å². The van der Waals surface area contributed by atoms with Gasteiger partial charge < -0.3 is 9.79 Å². The van der Waals surface area contributed by atoms with Crippen LogP contribution in [0, 0.1) is 5.92 Å². The summed E-state index contributed by atoms with van der Waals surface area (Å²) < 4.78 is 85.9. The zero-order valence-electron chi connectivity index (χ0n) is 12.2. The summed E-state index contributed by atoms with van der Waals surface area (Å²) in [6.07, 6.45) is -13.1. The van der Waals surface area contributed by atoms with Crippen LogP contribution in [-0.4, -0.2) is 39.4 Å². The third-order valence-corrected chi connectivity index (χ3v) is 4.50. The number of hydrogen-bond donors (Lipinski definition) is 2.